The molecule has 4 nitrogen and oxygen atoms in total. The molecule has 33 heavy (non-hydrogen) atoms. The fourth-order valence-corrected chi connectivity index (χ4v) is 5.81. The van der Waals surface area contributed by atoms with Gasteiger partial charge in [-0.05, 0) is 75.9 Å². The molecule has 3 heterocycles. The molecule has 3 aromatic rings. The van der Waals surface area contributed by atoms with Crippen molar-refractivity contribution >= 4 is 11.4 Å². The minimum absolute atomic E-state index is 0.225. The van der Waals surface area contributed by atoms with Gasteiger partial charge in [-0.15, -0.1) is 0 Å². The first-order chi connectivity index (χ1) is 15.8. The van der Waals surface area contributed by atoms with E-state index in [1.54, 1.807) is 0 Å². The van der Waals surface area contributed by atoms with Gasteiger partial charge in [0.2, 0.25) is 0 Å². The Kier molecular flexibility index (Phi) is 5.35. The maximum atomic E-state index is 6.67. The number of fused-ring (bicyclic) bond motifs is 1. The largest absolute Gasteiger partial charge is 0.486 e. The van der Waals surface area contributed by atoms with E-state index >= 15 is 0 Å². The van der Waals surface area contributed by atoms with Gasteiger partial charge in [-0.2, -0.15) is 0 Å². The third-order valence-corrected chi connectivity index (χ3v) is 7.63. The van der Waals surface area contributed by atoms with Crippen LogP contribution in [-0.4, -0.2) is 36.8 Å². The number of pyridine rings is 1. The number of hydrogen-bond acceptors (Lipinski definition) is 4. The van der Waals surface area contributed by atoms with Crippen LogP contribution in [-0.2, 0) is 0 Å². The monoisotopic (exact) mass is 441 g/mol. The van der Waals surface area contributed by atoms with Gasteiger partial charge in [0.25, 0.3) is 0 Å². The molecule has 1 atom stereocenters. The predicted octanol–water partition coefficient (Wildman–Crippen LogP) is 5.94. The molecule has 0 bridgehead atoms. The molecule has 4 heteroatoms. The van der Waals surface area contributed by atoms with Crippen LogP contribution in [0.4, 0.5) is 11.4 Å². The van der Waals surface area contributed by atoms with Crippen molar-refractivity contribution in [3.63, 3.8) is 0 Å². The van der Waals surface area contributed by atoms with Gasteiger partial charge in [0.1, 0.15) is 11.4 Å². The Hall–Kier alpha value is -3.01. The van der Waals surface area contributed by atoms with E-state index < -0.39 is 0 Å². The van der Waals surface area contributed by atoms with Gasteiger partial charge in [0.05, 0.1) is 17.8 Å². The van der Waals surface area contributed by atoms with Crippen molar-refractivity contribution < 1.29 is 4.74 Å². The average molecular weight is 442 g/mol. The van der Waals surface area contributed by atoms with E-state index in [4.69, 9.17) is 4.74 Å². The molecule has 0 saturated carbocycles. The number of aromatic nitrogens is 1. The quantitative estimate of drug-likeness (QED) is 0.503. The summed E-state index contributed by atoms with van der Waals surface area (Å²) in [5.74, 6) is 1.32. The topological polar surface area (TPSA) is 28.6 Å². The number of hydrogen-bond donors (Lipinski definition) is 0. The SMILES string of the molecule is Cc1ccc(C2c3c(C)c(N4CCN(c5cccnc5)CC4)c(C)c(C)c3OC2(C)C)cc1. The molecular formula is C29H35N3O. The van der Waals surface area contributed by atoms with Crippen LogP contribution >= 0.6 is 0 Å². The van der Waals surface area contributed by atoms with Gasteiger partial charge in [-0.3, -0.25) is 4.98 Å². The lowest BCUT2D eigenvalue weighted by Gasteiger charge is -2.39. The van der Waals surface area contributed by atoms with Crippen molar-refractivity contribution in [2.75, 3.05) is 36.0 Å². The van der Waals surface area contributed by atoms with E-state index in [0.717, 1.165) is 31.9 Å². The van der Waals surface area contributed by atoms with Crippen LogP contribution in [0.2, 0.25) is 0 Å². The van der Waals surface area contributed by atoms with E-state index in [2.05, 4.69) is 86.7 Å². The zero-order valence-corrected chi connectivity index (χ0v) is 20.8. The fraction of sp³-hybridized carbons (Fsp3) is 0.414. The maximum absolute atomic E-state index is 6.67. The fourth-order valence-electron chi connectivity index (χ4n) is 5.81. The molecule has 1 saturated heterocycles. The highest BCUT2D eigenvalue weighted by Gasteiger charge is 2.45. The van der Waals surface area contributed by atoms with Crippen LogP contribution in [0.15, 0.2) is 48.8 Å². The Morgan fingerprint density at radius 3 is 2.15 bits per heavy atom. The van der Waals surface area contributed by atoms with Gasteiger partial charge >= 0.3 is 0 Å². The highest BCUT2D eigenvalue weighted by Crippen LogP contribution is 2.54. The molecule has 0 radical (unpaired) electrons. The summed E-state index contributed by atoms with van der Waals surface area (Å²) in [7, 11) is 0. The number of rotatable bonds is 3. The molecule has 1 fully saturated rings. The molecule has 1 unspecified atom stereocenters. The van der Waals surface area contributed by atoms with Crippen molar-refractivity contribution in [1.82, 2.24) is 4.98 Å². The first-order valence-corrected chi connectivity index (χ1v) is 12.1. The highest BCUT2D eigenvalue weighted by atomic mass is 16.5. The molecule has 0 aliphatic carbocycles. The standard InChI is InChI=1S/C29H35N3O/c1-19-9-11-23(12-10-19)26-25-22(4)27(20(2)21(3)28(25)33-29(26,5)6)32-16-14-31(15-17-32)24-8-7-13-30-18-24/h7-13,18,26H,14-17H2,1-6H3. The van der Waals surface area contributed by atoms with E-state index in [0.29, 0.717) is 0 Å². The molecule has 2 aromatic carbocycles. The Morgan fingerprint density at radius 2 is 1.52 bits per heavy atom. The molecule has 0 spiro atoms. The molecule has 2 aliphatic heterocycles. The first-order valence-electron chi connectivity index (χ1n) is 12.1. The van der Waals surface area contributed by atoms with Crippen molar-refractivity contribution in [2.45, 2.75) is 53.1 Å². The molecule has 0 N–H and O–H groups in total. The number of benzene rings is 2. The van der Waals surface area contributed by atoms with Crippen molar-refractivity contribution in [3.05, 3.63) is 82.2 Å². The summed E-state index contributed by atoms with van der Waals surface area (Å²) in [6, 6.07) is 13.2. The molecule has 172 valence electrons. The van der Waals surface area contributed by atoms with Gasteiger partial charge in [-0.1, -0.05) is 29.8 Å². The lowest BCUT2D eigenvalue weighted by molar-refractivity contribution is 0.121. The lowest BCUT2D eigenvalue weighted by atomic mass is 9.78. The van der Waals surface area contributed by atoms with Crippen LogP contribution in [0.1, 0.15) is 53.1 Å². The molecule has 0 amide bonds. The van der Waals surface area contributed by atoms with E-state index in [9.17, 15) is 0 Å². The van der Waals surface area contributed by atoms with Crippen LogP contribution in [0, 0.1) is 27.7 Å². The zero-order chi connectivity index (χ0) is 23.3. The molecular weight excluding hydrogens is 406 g/mol. The van der Waals surface area contributed by atoms with E-state index in [1.807, 2.05) is 18.5 Å². The summed E-state index contributed by atoms with van der Waals surface area (Å²) in [5, 5.41) is 0. The van der Waals surface area contributed by atoms with Crippen LogP contribution in [0.25, 0.3) is 0 Å². The minimum Gasteiger partial charge on any atom is -0.486 e. The van der Waals surface area contributed by atoms with Crippen LogP contribution < -0.4 is 14.5 Å². The average Bonchev–Trinajstić information content (AvgIpc) is 3.11. The highest BCUT2D eigenvalue weighted by molar-refractivity contribution is 5.72. The maximum Gasteiger partial charge on any atom is 0.127 e. The Morgan fingerprint density at radius 1 is 0.848 bits per heavy atom. The van der Waals surface area contributed by atoms with Crippen LogP contribution in [0.5, 0.6) is 5.75 Å². The van der Waals surface area contributed by atoms with Crippen LogP contribution in [0.3, 0.4) is 0 Å². The first kappa shape index (κ1) is 21.8. The van der Waals surface area contributed by atoms with Gasteiger partial charge in [0, 0.05) is 43.6 Å². The van der Waals surface area contributed by atoms with Crippen molar-refractivity contribution in [2.24, 2.45) is 0 Å². The Labute approximate surface area is 198 Å². The minimum atomic E-state index is -0.281. The third-order valence-electron chi connectivity index (χ3n) is 7.63. The molecule has 1 aromatic heterocycles. The number of piperazine rings is 1. The van der Waals surface area contributed by atoms with Crippen molar-refractivity contribution in [3.8, 4) is 5.75 Å². The van der Waals surface area contributed by atoms with Gasteiger partial charge in [-0.25, -0.2) is 0 Å². The Balaban J connectivity index is 1.53. The summed E-state index contributed by atoms with van der Waals surface area (Å²) >= 11 is 0. The second-order valence-corrected chi connectivity index (χ2v) is 10.2. The lowest BCUT2D eigenvalue weighted by Crippen LogP contribution is -2.47. The molecule has 2 aliphatic rings. The number of nitrogens with zero attached hydrogens (tertiary/aromatic N) is 3. The third kappa shape index (κ3) is 3.66. The number of ether oxygens (including phenoxy) is 1. The number of aryl methyl sites for hydroxylation is 1. The van der Waals surface area contributed by atoms with Crippen molar-refractivity contribution in [1.29, 1.82) is 0 Å². The smallest absolute Gasteiger partial charge is 0.127 e. The van der Waals surface area contributed by atoms with E-state index in [1.165, 1.54) is 44.8 Å². The normalized spacial score (nSPS) is 19.4. The predicted molar refractivity (Wildman–Crippen MR) is 137 cm³/mol. The second-order valence-electron chi connectivity index (χ2n) is 10.2. The summed E-state index contributed by atoms with van der Waals surface area (Å²) in [4.78, 5) is 9.33. The van der Waals surface area contributed by atoms with E-state index in [-0.39, 0.29) is 11.5 Å². The summed E-state index contributed by atoms with van der Waals surface area (Å²) in [5.41, 5.74) is 10.3. The Bertz CT molecular complexity index is 1160. The molecule has 5 rings (SSSR count). The second kappa shape index (κ2) is 8.09. The number of anilines is 2. The zero-order valence-electron chi connectivity index (χ0n) is 20.8. The van der Waals surface area contributed by atoms with Gasteiger partial charge < -0.3 is 14.5 Å². The summed E-state index contributed by atoms with van der Waals surface area (Å²) in [6.07, 6.45) is 3.81. The van der Waals surface area contributed by atoms with Gasteiger partial charge in [0.15, 0.2) is 0 Å². The summed E-state index contributed by atoms with van der Waals surface area (Å²) < 4.78 is 6.67. The summed E-state index contributed by atoms with van der Waals surface area (Å²) in [6.45, 7) is 17.4.